The molecule has 12 heteroatoms. The molecule has 2 aliphatic carbocycles. The van der Waals surface area contributed by atoms with Gasteiger partial charge in [-0.1, -0.05) is 36.8 Å². The Morgan fingerprint density at radius 2 is 1.81 bits per heavy atom. The SMILES string of the molecule is NC1=NCC[C@H](/C(=C\C(=O)O)[C@H](Nc2ccc[nH]2)[C@@H]2CC[C@@H]3C[C@H]2[C@@H](CCC[C@@H](N)CC[C@H](C=O)CCC(O)O)c2cc4cc(CC=O)ccc4cc23)N1. The number of aliphatic hydroxyl groups excluding tert-OH is 1. The number of hydrogen-bond donors (Lipinski definition) is 8. The summed E-state index contributed by atoms with van der Waals surface area (Å²) in [6.45, 7) is 0.512. The van der Waals surface area contributed by atoms with Crippen molar-refractivity contribution in [1.82, 2.24) is 10.3 Å². The van der Waals surface area contributed by atoms with Gasteiger partial charge in [0.1, 0.15) is 18.4 Å². The number of fused-ring (bicyclic) bond motifs is 5. The second kappa shape index (κ2) is 18.2. The number of guanidine groups is 1. The lowest BCUT2D eigenvalue weighted by Crippen LogP contribution is -2.51. The first-order valence-electron chi connectivity index (χ1n) is 19.6. The molecule has 3 aromatic rings. The van der Waals surface area contributed by atoms with Crippen LogP contribution in [0.25, 0.3) is 10.8 Å². The number of aliphatic imine (C=N–C) groups is 1. The van der Waals surface area contributed by atoms with Crippen molar-refractivity contribution in [3.05, 3.63) is 77.0 Å². The van der Waals surface area contributed by atoms with Gasteiger partial charge in [0, 0.05) is 37.2 Å². The minimum atomic E-state index is -1.42. The van der Waals surface area contributed by atoms with Crippen molar-refractivity contribution in [3.63, 3.8) is 0 Å². The largest absolute Gasteiger partial charge is 0.478 e. The predicted molar refractivity (Wildman–Crippen MR) is 210 cm³/mol. The average molecular weight is 741 g/mol. The maximum absolute atomic E-state index is 12.5. The number of benzene rings is 2. The first-order valence-corrected chi connectivity index (χ1v) is 19.6. The summed E-state index contributed by atoms with van der Waals surface area (Å²) < 4.78 is 0. The molecule has 6 rings (SSSR count). The smallest absolute Gasteiger partial charge is 0.328 e. The van der Waals surface area contributed by atoms with E-state index in [2.05, 4.69) is 44.9 Å². The number of nitrogens with one attached hydrogen (secondary N) is 3. The maximum Gasteiger partial charge on any atom is 0.328 e. The number of aromatic nitrogens is 1. The number of carbonyl (C=O) groups is 3. The van der Waals surface area contributed by atoms with Crippen LogP contribution in [0, 0.1) is 17.8 Å². The number of aromatic amines is 1. The molecule has 0 amide bonds. The Morgan fingerprint density at radius 1 is 1.00 bits per heavy atom. The van der Waals surface area contributed by atoms with E-state index in [-0.39, 0.29) is 48.2 Å². The van der Waals surface area contributed by atoms with Gasteiger partial charge in [0.2, 0.25) is 0 Å². The van der Waals surface area contributed by atoms with Crippen molar-refractivity contribution in [2.24, 2.45) is 34.2 Å². The van der Waals surface area contributed by atoms with Crippen LogP contribution in [0.1, 0.15) is 99.2 Å². The number of nitrogens with two attached hydrogens (primary N) is 2. The van der Waals surface area contributed by atoms with Gasteiger partial charge >= 0.3 is 5.97 Å². The lowest BCUT2D eigenvalue weighted by molar-refractivity contribution is -0.131. The third-order valence-electron chi connectivity index (χ3n) is 12.1. The summed E-state index contributed by atoms with van der Waals surface area (Å²) in [5.41, 5.74) is 17.3. The van der Waals surface area contributed by atoms with E-state index in [1.54, 1.807) is 0 Å². The molecule has 2 aromatic carbocycles. The van der Waals surface area contributed by atoms with Crippen LogP contribution in [-0.4, -0.2) is 75.8 Å². The molecule has 3 aliphatic rings. The van der Waals surface area contributed by atoms with E-state index in [9.17, 15) is 29.7 Å². The third kappa shape index (κ3) is 9.58. The maximum atomic E-state index is 12.5. The van der Waals surface area contributed by atoms with Gasteiger partial charge in [-0.05, 0) is 133 Å². The molecule has 0 unspecified atom stereocenters. The molecule has 2 bridgehead atoms. The van der Waals surface area contributed by atoms with Crippen LogP contribution in [0.15, 0.2) is 65.3 Å². The summed E-state index contributed by atoms with van der Waals surface area (Å²) in [6, 6.07) is 14.2. The summed E-state index contributed by atoms with van der Waals surface area (Å²) in [5, 5.41) is 38.1. The van der Waals surface area contributed by atoms with Gasteiger partial charge in [-0.3, -0.25) is 4.99 Å². The molecule has 8 atom stereocenters. The van der Waals surface area contributed by atoms with Crippen LogP contribution in [0.3, 0.4) is 0 Å². The van der Waals surface area contributed by atoms with Crippen LogP contribution in [0.5, 0.6) is 0 Å². The van der Waals surface area contributed by atoms with Gasteiger partial charge in [0.15, 0.2) is 12.2 Å². The van der Waals surface area contributed by atoms with Crippen molar-refractivity contribution in [2.75, 3.05) is 11.9 Å². The predicted octanol–water partition coefficient (Wildman–Crippen LogP) is 4.86. The summed E-state index contributed by atoms with van der Waals surface area (Å²) >= 11 is 0. The number of carbonyl (C=O) groups excluding carboxylic acids is 2. The highest BCUT2D eigenvalue weighted by Gasteiger charge is 2.46. The number of H-pyrrole nitrogens is 1. The number of aliphatic carboxylic acids is 1. The van der Waals surface area contributed by atoms with Crippen molar-refractivity contribution < 1.29 is 29.7 Å². The second-order valence-corrected chi connectivity index (χ2v) is 15.6. The molecule has 0 spiro atoms. The Labute approximate surface area is 316 Å². The molecule has 1 saturated carbocycles. The quantitative estimate of drug-likeness (QED) is 0.0475. The van der Waals surface area contributed by atoms with Gasteiger partial charge in [0.25, 0.3) is 0 Å². The Bertz CT molecular complexity index is 1810. The van der Waals surface area contributed by atoms with Gasteiger partial charge in [-0.25, -0.2) is 4.79 Å². The summed E-state index contributed by atoms with van der Waals surface area (Å²) in [4.78, 5) is 43.2. The fourth-order valence-electron chi connectivity index (χ4n) is 9.52. The van der Waals surface area contributed by atoms with Crippen LogP contribution in [-0.2, 0) is 20.8 Å². The highest BCUT2D eigenvalue weighted by Crippen LogP contribution is 2.56. The molecule has 1 aromatic heterocycles. The fourth-order valence-corrected chi connectivity index (χ4v) is 9.52. The second-order valence-electron chi connectivity index (χ2n) is 15.6. The van der Waals surface area contributed by atoms with Crippen LogP contribution in [0.2, 0.25) is 0 Å². The lowest BCUT2D eigenvalue weighted by atomic mass is 9.56. The monoisotopic (exact) mass is 740 g/mol. The van der Waals surface area contributed by atoms with E-state index in [4.69, 9.17) is 11.5 Å². The van der Waals surface area contributed by atoms with Crippen LogP contribution < -0.4 is 22.1 Å². The van der Waals surface area contributed by atoms with Crippen LogP contribution in [0.4, 0.5) is 5.82 Å². The van der Waals surface area contributed by atoms with E-state index >= 15 is 0 Å². The van der Waals surface area contributed by atoms with Gasteiger partial charge in [-0.15, -0.1) is 0 Å². The number of nitrogens with zero attached hydrogens (tertiary/aromatic N) is 1. The van der Waals surface area contributed by atoms with E-state index in [1.165, 1.54) is 22.6 Å². The number of aliphatic hydroxyl groups is 2. The molecule has 0 saturated heterocycles. The van der Waals surface area contributed by atoms with Crippen LogP contribution >= 0.6 is 0 Å². The summed E-state index contributed by atoms with van der Waals surface area (Å²) in [6.07, 6.45) is 12.0. The normalized spacial score (nSPS) is 24.2. The zero-order valence-electron chi connectivity index (χ0n) is 30.9. The number of aldehydes is 2. The van der Waals surface area contributed by atoms with E-state index in [0.29, 0.717) is 50.5 Å². The van der Waals surface area contributed by atoms with E-state index < -0.39 is 12.3 Å². The van der Waals surface area contributed by atoms with E-state index in [0.717, 1.165) is 73.4 Å². The molecular formula is C42H56N6O6. The average Bonchev–Trinajstić information content (AvgIpc) is 3.67. The topological polar surface area (TPSA) is 216 Å². The minimum absolute atomic E-state index is 0.0936. The zero-order chi connectivity index (χ0) is 38.2. The van der Waals surface area contributed by atoms with Gasteiger partial charge in [0.05, 0.1) is 12.1 Å². The fraction of sp³-hybridized carbons (Fsp3) is 0.524. The molecule has 2 heterocycles. The van der Waals surface area contributed by atoms with Gasteiger partial charge in [-0.2, -0.15) is 0 Å². The Morgan fingerprint density at radius 3 is 2.54 bits per heavy atom. The minimum Gasteiger partial charge on any atom is -0.478 e. The molecule has 10 N–H and O–H groups in total. The molecule has 0 radical (unpaired) electrons. The van der Waals surface area contributed by atoms with Crippen molar-refractivity contribution in [1.29, 1.82) is 0 Å². The standard InChI is InChI=1S/C42H56N6O6/c43-30(11-7-26(24-50)8-13-39(51)52)3-1-4-31-34-21-28(33-20-27-9-6-25(15-18-49)19-29(27)22-35(31)33)10-12-32(34)41(48-38-5-2-16-45-38)36(23-40(53)54)37-14-17-46-42(44)47-37/h2,5-6,9,16,18-20,22-24,26,28,30-32,34,37,39,41,45,48,51-52H,1,3-4,7-8,10-15,17,21,43H2,(H,53,54)(H3,44,46,47)/b36-23+/t26-,28+,30+,31+,32+,34-,37+,41+/m0/s1. The number of carboxylic acid groups (broad SMARTS) is 1. The Hall–Kier alpha value is -4.52. The van der Waals surface area contributed by atoms with E-state index in [1.807, 2.05) is 24.4 Å². The summed E-state index contributed by atoms with van der Waals surface area (Å²) in [5.74, 6) is 0.807. The van der Waals surface area contributed by atoms with Gasteiger partial charge < -0.3 is 52.0 Å². The Kier molecular flexibility index (Phi) is 13.2. The molecule has 54 heavy (non-hydrogen) atoms. The molecule has 1 aliphatic heterocycles. The first kappa shape index (κ1) is 39.2. The third-order valence-corrected chi connectivity index (χ3v) is 12.1. The number of hydrogen-bond acceptors (Lipinski definition) is 10. The van der Waals surface area contributed by atoms with Crippen molar-refractivity contribution in [3.8, 4) is 0 Å². The van der Waals surface area contributed by atoms with Crippen molar-refractivity contribution in [2.45, 2.75) is 113 Å². The highest BCUT2D eigenvalue weighted by molar-refractivity contribution is 5.86. The summed E-state index contributed by atoms with van der Waals surface area (Å²) in [7, 11) is 0. The molecular weight excluding hydrogens is 684 g/mol. The number of anilines is 1. The lowest BCUT2D eigenvalue weighted by Gasteiger charge is -2.50. The molecule has 12 nitrogen and oxygen atoms in total. The first-order chi connectivity index (χ1) is 26.1. The zero-order valence-corrected chi connectivity index (χ0v) is 30.9. The number of carboxylic acids is 1. The molecule has 290 valence electrons. The Balaban J connectivity index is 1.33. The van der Waals surface area contributed by atoms with Crippen molar-refractivity contribution >= 4 is 41.1 Å². The highest BCUT2D eigenvalue weighted by atomic mass is 16.5. The number of rotatable bonds is 19. The molecule has 1 fully saturated rings.